The number of anilines is 1. The molecular weight excluding hydrogens is 567 g/mol. The zero-order chi connectivity index (χ0) is 29.7. The lowest BCUT2D eigenvalue weighted by atomic mass is 9.97. The van der Waals surface area contributed by atoms with E-state index in [1.54, 1.807) is 11.8 Å². The molecule has 0 bridgehead atoms. The first-order valence-corrected chi connectivity index (χ1v) is 14.3. The van der Waals surface area contributed by atoms with Crippen molar-refractivity contribution in [1.29, 1.82) is 0 Å². The van der Waals surface area contributed by atoms with Gasteiger partial charge in [-0.05, 0) is 80.4 Å². The minimum atomic E-state index is -4.44. The maximum absolute atomic E-state index is 12.8. The molecule has 0 saturated carbocycles. The minimum absolute atomic E-state index is 0.0349. The van der Waals surface area contributed by atoms with E-state index < -0.39 is 17.7 Å². The number of hydrogen-bond donors (Lipinski definition) is 1. The molecule has 5 rings (SSSR count). The number of ether oxygens (including phenoxy) is 2. The van der Waals surface area contributed by atoms with Crippen LogP contribution in [0.1, 0.15) is 45.9 Å². The number of nitrogens with one attached hydrogen (secondary N) is 1. The van der Waals surface area contributed by atoms with Crippen LogP contribution < -0.4 is 10.1 Å². The van der Waals surface area contributed by atoms with E-state index >= 15 is 0 Å². The summed E-state index contributed by atoms with van der Waals surface area (Å²) in [6, 6.07) is 20.8. The zero-order valence-electron chi connectivity index (χ0n) is 22.7. The van der Waals surface area contributed by atoms with Gasteiger partial charge in [-0.1, -0.05) is 18.2 Å². The van der Waals surface area contributed by atoms with E-state index in [0.717, 1.165) is 22.7 Å². The average Bonchev–Trinajstić information content (AvgIpc) is 3.44. The molecule has 3 aromatic carbocycles. The summed E-state index contributed by atoms with van der Waals surface area (Å²) in [6.45, 7) is 2.86. The van der Waals surface area contributed by atoms with Crippen LogP contribution in [0.15, 0.2) is 78.9 Å². The first-order chi connectivity index (χ1) is 20.2. The van der Waals surface area contributed by atoms with Crippen LogP contribution >= 0.6 is 11.3 Å². The Kier molecular flexibility index (Phi) is 8.77. The van der Waals surface area contributed by atoms with Crippen molar-refractivity contribution < 1.29 is 32.2 Å². The van der Waals surface area contributed by atoms with Crippen LogP contribution in [0.2, 0.25) is 0 Å². The monoisotopic (exact) mass is 595 g/mol. The summed E-state index contributed by atoms with van der Waals surface area (Å²) in [7, 11) is 0. The molecule has 2 heterocycles. The van der Waals surface area contributed by atoms with Gasteiger partial charge in [0.2, 0.25) is 0 Å². The first kappa shape index (κ1) is 29.1. The van der Waals surface area contributed by atoms with Crippen LogP contribution in [0.3, 0.4) is 0 Å². The molecule has 1 fully saturated rings. The molecule has 218 valence electrons. The number of likely N-dealkylation sites (tertiary alicyclic amines) is 1. The number of thiazole rings is 1. The van der Waals surface area contributed by atoms with Gasteiger partial charge in [-0.2, -0.15) is 13.2 Å². The third kappa shape index (κ3) is 6.91. The highest BCUT2D eigenvalue weighted by molar-refractivity contribution is 7.14. The molecule has 1 N–H and O–H groups in total. The van der Waals surface area contributed by atoms with Crippen LogP contribution in [0, 0.1) is 0 Å². The van der Waals surface area contributed by atoms with Gasteiger partial charge in [-0.25, -0.2) is 14.6 Å². The smallest absolute Gasteiger partial charge is 0.416 e. The molecule has 0 radical (unpaired) electrons. The summed E-state index contributed by atoms with van der Waals surface area (Å²) >= 11 is 1.30. The molecule has 0 unspecified atom stereocenters. The number of alkyl halides is 3. The van der Waals surface area contributed by atoms with Crippen molar-refractivity contribution in [3.63, 3.8) is 0 Å². The topological polar surface area (TPSA) is 80.8 Å². The number of carbonyl (C=O) groups is 2. The number of para-hydroxylation sites is 1. The van der Waals surface area contributed by atoms with Gasteiger partial charge in [0, 0.05) is 30.3 Å². The summed E-state index contributed by atoms with van der Waals surface area (Å²) in [6.07, 6.45) is -3.19. The molecule has 0 aliphatic carbocycles. The van der Waals surface area contributed by atoms with Gasteiger partial charge in [-0.3, -0.25) is 0 Å². The summed E-state index contributed by atoms with van der Waals surface area (Å²) in [5.74, 6) is 0.967. The second kappa shape index (κ2) is 12.6. The highest BCUT2D eigenvalue weighted by atomic mass is 32.1. The van der Waals surface area contributed by atoms with E-state index in [1.165, 1.54) is 23.5 Å². The Morgan fingerprint density at radius 1 is 0.952 bits per heavy atom. The Morgan fingerprint density at radius 3 is 2.21 bits per heavy atom. The van der Waals surface area contributed by atoms with Crippen molar-refractivity contribution in [3.05, 3.63) is 94.3 Å². The van der Waals surface area contributed by atoms with Gasteiger partial charge < -0.3 is 19.7 Å². The normalized spacial score (nSPS) is 14.0. The number of esters is 1. The third-order valence-electron chi connectivity index (χ3n) is 6.81. The maximum atomic E-state index is 12.8. The zero-order valence-corrected chi connectivity index (χ0v) is 23.5. The number of benzene rings is 3. The summed E-state index contributed by atoms with van der Waals surface area (Å²) in [5, 5.41) is 3.46. The fraction of sp³-hybridized carbons (Fsp3) is 0.258. The van der Waals surface area contributed by atoms with Crippen LogP contribution in [-0.4, -0.2) is 41.6 Å². The number of halogens is 3. The van der Waals surface area contributed by atoms with E-state index in [0.29, 0.717) is 53.7 Å². The molecule has 42 heavy (non-hydrogen) atoms. The number of aromatic nitrogens is 1. The predicted octanol–water partition coefficient (Wildman–Crippen LogP) is 8.21. The van der Waals surface area contributed by atoms with Crippen LogP contribution in [0.25, 0.3) is 11.3 Å². The highest BCUT2D eigenvalue weighted by Gasteiger charge is 2.31. The van der Waals surface area contributed by atoms with Crippen LogP contribution in [0.4, 0.5) is 23.7 Å². The fourth-order valence-electron chi connectivity index (χ4n) is 4.62. The lowest BCUT2D eigenvalue weighted by Gasteiger charge is -2.31. The quantitative estimate of drug-likeness (QED) is 0.218. The minimum Gasteiger partial charge on any atom is -0.462 e. The molecule has 1 aliphatic heterocycles. The Labute approximate surface area is 244 Å². The van der Waals surface area contributed by atoms with Gasteiger partial charge in [0.05, 0.1) is 22.9 Å². The van der Waals surface area contributed by atoms with Crippen LogP contribution in [0.5, 0.6) is 11.5 Å². The van der Waals surface area contributed by atoms with Crippen molar-refractivity contribution in [2.45, 2.75) is 31.9 Å². The Balaban J connectivity index is 1.26. The van der Waals surface area contributed by atoms with Gasteiger partial charge in [0.15, 0.2) is 0 Å². The second-order valence-electron chi connectivity index (χ2n) is 9.66. The second-order valence-corrected chi connectivity index (χ2v) is 10.7. The van der Waals surface area contributed by atoms with E-state index in [9.17, 15) is 22.8 Å². The highest BCUT2D eigenvalue weighted by Crippen LogP contribution is 2.38. The molecule has 0 spiro atoms. The predicted molar refractivity (Wildman–Crippen MR) is 154 cm³/mol. The van der Waals surface area contributed by atoms with E-state index in [1.807, 2.05) is 54.6 Å². The number of amides is 2. The molecule has 4 aromatic rings. The average molecular weight is 596 g/mol. The van der Waals surface area contributed by atoms with Gasteiger partial charge in [0.25, 0.3) is 0 Å². The number of nitrogens with zero attached hydrogens (tertiary/aromatic N) is 2. The molecular formula is C31H28F3N3O4S. The van der Waals surface area contributed by atoms with Crippen molar-refractivity contribution in [3.8, 4) is 22.8 Å². The lowest BCUT2D eigenvalue weighted by molar-refractivity contribution is -0.137. The van der Waals surface area contributed by atoms with Crippen molar-refractivity contribution >= 4 is 29.0 Å². The summed E-state index contributed by atoms with van der Waals surface area (Å²) in [4.78, 5) is 32.5. The van der Waals surface area contributed by atoms with Gasteiger partial charge >= 0.3 is 18.2 Å². The van der Waals surface area contributed by atoms with Gasteiger partial charge in [-0.15, -0.1) is 11.3 Å². The fourth-order valence-corrected chi connectivity index (χ4v) is 5.77. The summed E-state index contributed by atoms with van der Waals surface area (Å²) < 4.78 is 49.6. The molecule has 1 saturated heterocycles. The molecule has 1 aromatic heterocycles. The van der Waals surface area contributed by atoms with E-state index in [2.05, 4.69) is 5.32 Å². The SMILES string of the molecule is CCOC(=O)c1sc(C2CCN(C(=O)Nc3ccc(C(F)(F)F)cc3)CC2)nc1-c1ccc(Oc2ccccc2)cc1. The van der Waals surface area contributed by atoms with E-state index in [-0.39, 0.29) is 18.6 Å². The lowest BCUT2D eigenvalue weighted by Crippen LogP contribution is -2.40. The summed E-state index contributed by atoms with van der Waals surface area (Å²) in [5.41, 5.74) is 0.818. The first-order valence-electron chi connectivity index (χ1n) is 13.5. The molecule has 11 heteroatoms. The molecule has 0 atom stereocenters. The van der Waals surface area contributed by atoms with Gasteiger partial charge in [0.1, 0.15) is 16.4 Å². The Morgan fingerprint density at radius 2 is 1.60 bits per heavy atom. The number of piperidine rings is 1. The van der Waals surface area contributed by atoms with Crippen LogP contribution in [-0.2, 0) is 10.9 Å². The number of urea groups is 1. The Bertz CT molecular complexity index is 1520. The van der Waals surface area contributed by atoms with Crippen molar-refractivity contribution in [1.82, 2.24) is 9.88 Å². The Hall–Kier alpha value is -4.38. The molecule has 1 aliphatic rings. The number of carbonyl (C=O) groups excluding carboxylic acids is 2. The maximum Gasteiger partial charge on any atom is 0.416 e. The third-order valence-corrected chi connectivity index (χ3v) is 8.00. The standard InChI is InChI=1S/C31H28F3N3O4S/c1-2-40-29(38)27-26(20-8-14-25(15-9-20)41-24-6-4-3-5-7-24)36-28(42-27)21-16-18-37(19-17-21)30(39)35-23-12-10-22(11-13-23)31(32,33)34/h3-15,21H,2,16-19H2,1H3,(H,35,39). The van der Waals surface area contributed by atoms with E-state index in [4.69, 9.17) is 14.5 Å². The number of hydrogen-bond acceptors (Lipinski definition) is 6. The van der Waals surface area contributed by atoms with Crippen molar-refractivity contribution in [2.75, 3.05) is 25.0 Å². The van der Waals surface area contributed by atoms with Crippen molar-refractivity contribution in [2.24, 2.45) is 0 Å². The number of rotatable bonds is 7. The largest absolute Gasteiger partial charge is 0.462 e. The molecule has 2 amide bonds. The molecule has 7 nitrogen and oxygen atoms in total.